The van der Waals surface area contributed by atoms with Gasteiger partial charge in [0.05, 0.1) is 18.5 Å². The molecule has 2 aliphatic rings. The number of methoxy groups -OCH3 is 1. The molecular formula is C31H33N2OP. The van der Waals surface area contributed by atoms with Crippen LogP contribution < -0.4 is 20.7 Å². The van der Waals surface area contributed by atoms with E-state index in [9.17, 15) is 0 Å². The van der Waals surface area contributed by atoms with Crippen molar-refractivity contribution >= 4 is 23.8 Å². The van der Waals surface area contributed by atoms with Gasteiger partial charge in [0.1, 0.15) is 11.4 Å². The summed E-state index contributed by atoms with van der Waals surface area (Å²) in [4.78, 5) is 0. The van der Waals surface area contributed by atoms with Crippen molar-refractivity contribution in [2.45, 2.75) is 51.9 Å². The topological polar surface area (TPSA) is 27.1 Å². The highest BCUT2D eigenvalue weighted by molar-refractivity contribution is 7.80. The first kappa shape index (κ1) is 22.6. The molecule has 1 aromatic heterocycles. The van der Waals surface area contributed by atoms with Gasteiger partial charge < -0.3 is 4.74 Å². The highest BCUT2D eigenvalue weighted by Gasteiger charge is 2.62. The normalized spacial score (nSPS) is 21.9. The molecule has 4 aromatic rings. The summed E-state index contributed by atoms with van der Waals surface area (Å²) >= 11 is 0. The van der Waals surface area contributed by atoms with Crippen LogP contribution in [0.4, 0.5) is 0 Å². The van der Waals surface area contributed by atoms with Crippen LogP contribution in [0.15, 0.2) is 78.9 Å². The van der Waals surface area contributed by atoms with Crippen LogP contribution in [-0.2, 0) is 5.41 Å². The first-order chi connectivity index (χ1) is 16.9. The van der Waals surface area contributed by atoms with E-state index in [0.717, 1.165) is 11.4 Å². The zero-order valence-corrected chi connectivity index (χ0v) is 22.1. The highest BCUT2D eigenvalue weighted by atomic mass is 31.1. The first-order valence-corrected chi connectivity index (χ1v) is 13.9. The van der Waals surface area contributed by atoms with Crippen molar-refractivity contribution in [2.24, 2.45) is 5.41 Å². The number of rotatable bonds is 5. The predicted molar refractivity (Wildman–Crippen MR) is 147 cm³/mol. The van der Waals surface area contributed by atoms with Crippen LogP contribution in [0.5, 0.6) is 5.75 Å². The van der Waals surface area contributed by atoms with E-state index in [1.165, 1.54) is 45.7 Å². The quantitative estimate of drug-likeness (QED) is 0.322. The number of ether oxygens (including phenoxy) is 1. The standard InChI is InChI=1S/C31H33N2OP/c1-21-27-24-19-20-31(4,30(24,2)3)29(27)33(32-21)28-25(34-5)17-12-18-26(28)35(22-13-8-6-9-14-22)23-15-10-7-11-16-23/h6-18,24H,19-20H2,1-5H3/t24-,31+/m1/s1. The van der Waals surface area contributed by atoms with Crippen molar-refractivity contribution in [2.75, 3.05) is 7.11 Å². The largest absolute Gasteiger partial charge is 0.494 e. The van der Waals surface area contributed by atoms with E-state index in [1.807, 2.05) is 0 Å². The van der Waals surface area contributed by atoms with Crippen LogP contribution in [0.25, 0.3) is 5.69 Å². The van der Waals surface area contributed by atoms with Gasteiger partial charge in [0.2, 0.25) is 0 Å². The molecule has 1 fully saturated rings. The lowest BCUT2D eigenvalue weighted by molar-refractivity contribution is 0.222. The molecule has 178 valence electrons. The number of benzene rings is 3. The Labute approximate surface area is 209 Å². The van der Waals surface area contributed by atoms with Crippen LogP contribution in [-0.4, -0.2) is 16.9 Å². The Kier molecular flexibility index (Phi) is 5.20. The summed E-state index contributed by atoms with van der Waals surface area (Å²) in [7, 11) is 0.984. The van der Waals surface area contributed by atoms with E-state index < -0.39 is 7.92 Å². The maximum absolute atomic E-state index is 6.05. The molecule has 0 aliphatic heterocycles. The number of hydrogen-bond acceptors (Lipinski definition) is 2. The molecule has 1 saturated carbocycles. The Hall–Kier alpha value is -2.90. The van der Waals surface area contributed by atoms with Crippen molar-refractivity contribution in [3.63, 3.8) is 0 Å². The van der Waals surface area contributed by atoms with Gasteiger partial charge in [-0.1, -0.05) is 93.6 Å². The predicted octanol–water partition coefficient (Wildman–Crippen LogP) is 6.12. The molecule has 4 heteroatoms. The summed E-state index contributed by atoms with van der Waals surface area (Å²) in [6.07, 6.45) is 2.46. The number of para-hydroxylation sites is 1. The summed E-state index contributed by atoms with van der Waals surface area (Å²) in [6.45, 7) is 9.57. The van der Waals surface area contributed by atoms with E-state index in [0.29, 0.717) is 5.92 Å². The van der Waals surface area contributed by atoms with Gasteiger partial charge in [-0.2, -0.15) is 5.10 Å². The van der Waals surface area contributed by atoms with Crippen LogP contribution in [0.2, 0.25) is 0 Å². The summed E-state index contributed by atoms with van der Waals surface area (Å²) in [6, 6.07) is 28.3. The van der Waals surface area contributed by atoms with E-state index in [-0.39, 0.29) is 10.8 Å². The fraction of sp³-hybridized carbons (Fsp3) is 0.323. The van der Waals surface area contributed by atoms with Crippen LogP contribution in [0.3, 0.4) is 0 Å². The molecule has 0 spiro atoms. The van der Waals surface area contributed by atoms with Crippen molar-refractivity contribution in [1.29, 1.82) is 0 Å². The van der Waals surface area contributed by atoms with Gasteiger partial charge in [-0.25, -0.2) is 4.68 Å². The van der Waals surface area contributed by atoms with Crippen molar-refractivity contribution in [1.82, 2.24) is 9.78 Å². The minimum Gasteiger partial charge on any atom is -0.494 e. The molecule has 1 heterocycles. The molecular weight excluding hydrogens is 447 g/mol. The maximum Gasteiger partial charge on any atom is 0.145 e. The van der Waals surface area contributed by atoms with Gasteiger partial charge in [-0.05, 0) is 55.7 Å². The zero-order valence-electron chi connectivity index (χ0n) is 21.2. The molecule has 35 heavy (non-hydrogen) atoms. The number of aryl methyl sites for hydroxylation is 1. The second kappa shape index (κ2) is 8.07. The Morgan fingerprint density at radius 2 is 1.51 bits per heavy atom. The molecule has 2 bridgehead atoms. The lowest BCUT2D eigenvalue weighted by Gasteiger charge is -2.36. The molecule has 2 atom stereocenters. The lowest BCUT2D eigenvalue weighted by atomic mass is 9.70. The maximum atomic E-state index is 6.05. The molecule has 0 amide bonds. The highest BCUT2D eigenvalue weighted by Crippen LogP contribution is 2.68. The Morgan fingerprint density at radius 3 is 2.11 bits per heavy atom. The Balaban J connectivity index is 1.65. The molecule has 3 nitrogen and oxygen atoms in total. The third kappa shape index (κ3) is 3.10. The van der Waals surface area contributed by atoms with Gasteiger partial charge in [-0.3, -0.25) is 0 Å². The summed E-state index contributed by atoms with van der Waals surface area (Å²) in [5.41, 5.74) is 5.46. The average molecular weight is 481 g/mol. The van der Waals surface area contributed by atoms with Crippen molar-refractivity contribution < 1.29 is 4.74 Å². The van der Waals surface area contributed by atoms with Gasteiger partial charge in [-0.15, -0.1) is 0 Å². The van der Waals surface area contributed by atoms with E-state index >= 15 is 0 Å². The van der Waals surface area contributed by atoms with Crippen LogP contribution in [0.1, 0.15) is 56.5 Å². The van der Waals surface area contributed by atoms with Crippen LogP contribution in [0, 0.1) is 12.3 Å². The van der Waals surface area contributed by atoms with Gasteiger partial charge in [0.25, 0.3) is 0 Å². The number of hydrogen-bond donors (Lipinski definition) is 0. The number of aromatic nitrogens is 2. The van der Waals surface area contributed by atoms with E-state index in [2.05, 4.69) is 111 Å². The third-order valence-electron chi connectivity index (χ3n) is 8.88. The monoisotopic (exact) mass is 480 g/mol. The number of nitrogens with zero attached hydrogens (tertiary/aromatic N) is 2. The SMILES string of the molecule is COc1cccc(P(c2ccccc2)c2ccccc2)c1-n1nc(C)c2c1[C@]1(C)CC[C@H]2C1(C)C. The molecule has 6 rings (SSSR count). The second-order valence-electron chi connectivity index (χ2n) is 10.7. The molecule has 0 radical (unpaired) electrons. The van der Waals surface area contributed by atoms with E-state index in [4.69, 9.17) is 9.84 Å². The molecule has 0 N–H and O–H groups in total. The average Bonchev–Trinajstić information content (AvgIpc) is 3.40. The molecule has 3 aromatic carbocycles. The summed E-state index contributed by atoms with van der Waals surface area (Å²) in [5.74, 6) is 1.45. The smallest absolute Gasteiger partial charge is 0.145 e. The summed E-state index contributed by atoms with van der Waals surface area (Å²) in [5, 5.41) is 9.18. The number of fused-ring (bicyclic) bond motifs is 5. The van der Waals surface area contributed by atoms with Crippen molar-refractivity contribution in [3.8, 4) is 11.4 Å². The van der Waals surface area contributed by atoms with E-state index in [1.54, 1.807) is 7.11 Å². The Bertz CT molecular complexity index is 1350. The van der Waals surface area contributed by atoms with Gasteiger partial charge >= 0.3 is 0 Å². The fourth-order valence-electron chi connectivity index (χ4n) is 6.73. The zero-order chi connectivity index (χ0) is 24.4. The minimum atomic E-state index is -0.798. The first-order valence-electron chi connectivity index (χ1n) is 12.6. The van der Waals surface area contributed by atoms with Crippen molar-refractivity contribution in [3.05, 3.63) is 95.8 Å². The Morgan fingerprint density at radius 1 is 0.886 bits per heavy atom. The lowest BCUT2D eigenvalue weighted by Crippen LogP contribution is -2.34. The summed E-state index contributed by atoms with van der Waals surface area (Å²) < 4.78 is 8.32. The minimum absolute atomic E-state index is 0.0919. The fourth-order valence-corrected chi connectivity index (χ4v) is 9.18. The van der Waals surface area contributed by atoms with Gasteiger partial charge in [0, 0.05) is 16.3 Å². The third-order valence-corrected chi connectivity index (χ3v) is 11.4. The molecule has 0 unspecified atom stereocenters. The van der Waals surface area contributed by atoms with Gasteiger partial charge in [0.15, 0.2) is 0 Å². The molecule has 0 saturated heterocycles. The second-order valence-corrected chi connectivity index (χ2v) is 12.9. The van der Waals surface area contributed by atoms with Crippen LogP contribution >= 0.6 is 7.92 Å². The molecule has 2 aliphatic carbocycles.